The van der Waals surface area contributed by atoms with Crippen LogP contribution in [-0.4, -0.2) is 28.7 Å². The average molecular weight is 306 g/mol. The molecule has 2 fully saturated rings. The molecule has 0 bridgehead atoms. The quantitative estimate of drug-likeness (QED) is 0.917. The van der Waals surface area contributed by atoms with Crippen LogP contribution in [0.5, 0.6) is 5.75 Å². The zero-order valence-electron chi connectivity index (χ0n) is 12.2. The lowest BCUT2D eigenvalue weighted by Crippen LogP contribution is -2.37. The minimum atomic E-state index is -0.681. The van der Waals surface area contributed by atoms with E-state index in [1.54, 1.807) is 0 Å². The molecule has 1 saturated heterocycles. The van der Waals surface area contributed by atoms with E-state index in [0.29, 0.717) is 6.10 Å². The van der Waals surface area contributed by atoms with E-state index in [2.05, 4.69) is 0 Å². The molecule has 2 aliphatic rings. The monoisotopic (exact) mass is 306 g/mol. The number of aliphatic carboxylic acids is 1. The molecule has 1 aromatic rings. The molecule has 0 aromatic heterocycles. The molecular formula is C17H22O3S. The Hall–Kier alpha value is -1.16. The molecule has 1 aromatic carbocycles. The maximum absolute atomic E-state index is 11.8. The van der Waals surface area contributed by atoms with Crippen molar-refractivity contribution in [3.8, 4) is 5.75 Å². The van der Waals surface area contributed by atoms with Crippen molar-refractivity contribution < 1.29 is 14.6 Å². The number of thioether (sulfide) groups is 1. The normalized spacial score (nSPS) is 24.7. The van der Waals surface area contributed by atoms with Crippen molar-refractivity contribution in [1.82, 2.24) is 0 Å². The van der Waals surface area contributed by atoms with Crippen LogP contribution in [0.15, 0.2) is 24.3 Å². The molecule has 1 saturated carbocycles. The Labute approximate surface area is 130 Å². The summed E-state index contributed by atoms with van der Waals surface area (Å²) in [7, 11) is 0. The number of ether oxygens (including phenoxy) is 1. The zero-order chi connectivity index (χ0) is 14.7. The van der Waals surface area contributed by atoms with E-state index in [4.69, 9.17) is 4.74 Å². The third-order valence-electron chi connectivity index (χ3n) is 4.71. The van der Waals surface area contributed by atoms with Gasteiger partial charge in [-0.2, -0.15) is 11.8 Å². The second-order valence-corrected chi connectivity index (χ2v) is 7.23. The highest BCUT2D eigenvalue weighted by Crippen LogP contribution is 2.40. The number of hydrogen-bond donors (Lipinski definition) is 1. The summed E-state index contributed by atoms with van der Waals surface area (Å²) < 4.78 is 5.94. The molecule has 1 aliphatic carbocycles. The Kier molecular flexibility index (Phi) is 4.43. The van der Waals surface area contributed by atoms with E-state index in [-0.39, 0.29) is 0 Å². The van der Waals surface area contributed by atoms with E-state index < -0.39 is 11.4 Å². The van der Waals surface area contributed by atoms with Crippen molar-refractivity contribution in [3.05, 3.63) is 29.8 Å². The highest BCUT2D eigenvalue weighted by Gasteiger charge is 2.41. The van der Waals surface area contributed by atoms with Gasteiger partial charge >= 0.3 is 5.97 Å². The van der Waals surface area contributed by atoms with Gasteiger partial charge in [0, 0.05) is 5.75 Å². The van der Waals surface area contributed by atoms with Crippen LogP contribution in [0.25, 0.3) is 0 Å². The largest absolute Gasteiger partial charge is 0.490 e. The maximum Gasteiger partial charge on any atom is 0.314 e. The Bertz CT molecular complexity index is 485. The highest BCUT2D eigenvalue weighted by atomic mass is 32.2. The second-order valence-electron chi connectivity index (χ2n) is 6.08. The van der Waals surface area contributed by atoms with Gasteiger partial charge in [0.25, 0.3) is 0 Å². The van der Waals surface area contributed by atoms with Crippen LogP contribution < -0.4 is 4.74 Å². The number of benzene rings is 1. The van der Waals surface area contributed by atoms with Gasteiger partial charge in [-0.1, -0.05) is 31.4 Å². The molecule has 3 nitrogen and oxygen atoms in total. The smallest absolute Gasteiger partial charge is 0.314 e. The summed E-state index contributed by atoms with van der Waals surface area (Å²) in [6.45, 7) is 0. The fraction of sp³-hybridized carbons (Fsp3) is 0.588. The standard InChI is InChI=1S/C17H22O3S/c18-16(19)17(9-2-1-3-10-17)13-4-6-14(7-5-13)20-15-8-11-21-12-15/h4-7,15H,1-3,8-12H2,(H,18,19). The first-order valence-electron chi connectivity index (χ1n) is 7.79. The summed E-state index contributed by atoms with van der Waals surface area (Å²) in [6, 6.07) is 7.79. The van der Waals surface area contributed by atoms with Gasteiger partial charge in [-0.3, -0.25) is 4.79 Å². The lowest BCUT2D eigenvalue weighted by molar-refractivity contribution is -0.145. The van der Waals surface area contributed by atoms with Gasteiger partial charge in [-0.05, 0) is 42.7 Å². The molecule has 1 aliphatic heterocycles. The zero-order valence-corrected chi connectivity index (χ0v) is 13.0. The Morgan fingerprint density at radius 3 is 2.48 bits per heavy atom. The summed E-state index contributed by atoms with van der Waals surface area (Å²) in [5.41, 5.74) is 0.253. The molecule has 1 unspecified atom stereocenters. The molecule has 0 radical (unpaired) electrons. The average Bonchev–Trinajstić information content (AvgIpc) is 3.01. The first-order chi connectivity index (χ1) is 10.2. The van der Waals surface area contributed by atoms with Gasteiger partial charge in [0.05, 0.1) is 5.41 Å². The third kappa shape index (κ3) is 3.05. The van der Waals surface area contributed by atoms with Crippen LogP contribution >= 0.6 is 11.8 Å². The SMILES string of the molecule is O=C(O)C1(c2ccc(OC3CCSC3)cc2)CCCCC1. The number of carboxylic acid groups (broad SMARTS) is 1. The first kappa shape index (κ1) is 14.8. The van der Waals surface area contributed by atoms with Crippen LogP contribution in [0.3, 0.4) is 0 Å². The molecule has 4 heteroatoms. The van der Waals surface area contributed by atoms with Gasteiger partial charge < -0.3 is 9.84 Å². The van der Waals surface area contributed by atoms with Gasteiger partial charge in [-0.15, -0.1) is 0 Å². The summed E-state index contributed by atoms with van der Waals surface area (Å²) in [5.74, 6) is 2.41. The van der Waals surface area contributed by atoms with Crippen LogP contribution in [0.4, 0.5) is 0 Å². The number of carbonyl (C=O) groups is 1. The maximum atomic E-state index is 11.8. The van der Waals surface area contributed by atoms with Crippen molar-refractivity contribution in [2.75, 3.05) is 11.5 Å². The predicted molar refractivity (Wildman–Crippen MR) is 85.2 cm³/mol. The van der Waals surface area contributed by atoms with Crippen LogP contribution in [0, 0.1) is 0 Å². The molecule has 1 N–H and O–H groups in total. The topological polar surface area (TPSA) is 46.5 Å². The molecule has 0 spiro atoms. The first-order valence-corrected chi connectivity index (χ1v) is 8.94. The van der Waals surface area contributed by atoms with E-state index >= 15 is 0 Å². The van der Waals surface area contributed by atoms with Crippen molar-refractivity contribution in [2.45, 2.75) is 50.0 Å². The van der Waals surface area contributed by atoms with Crippen LogP contribution in [-0.2, 0) is 10.2 Å². The van der Waals surface area contributed by atoms with E-state index in [0.717, 1.165) is 55.6 Å². The van der Waals surface area contributed by atoms with E-state index in [9.17, 15) is 9.90 Å². The van der Waals surface area contributed by atoms with Gasteiger partial charge in [0.1, 0.15) is 11.9 Å². The molecule has 21 heavy (non-hydrogen) atoms. The van der Waals surface area contributed by atoms with Gasteiger partial charge in [0.2, 0.25) is 0 Å². The van der Waals surface area contributed by atoms with Crippen LogP contribution in [0.2, 0.25) is 0 Å². The second kappa shape index (κ2) is 6.30. The summed E-state index contributed by atoms with van der Waals surface area (Å²) in [6.07, 6.45) is 6.07. The molecule has 0 amide bonds. The molecule has 114 valence electrons. The fourth-order valence-corrected chi connectivity index (χ4v) is 4.53. The van der Waals surface area contributed by atoms with E-state index in [1.807, 2.05) is 36.0 Å². The van der Waals surface area contributed by atoms with E-state index in [1.165, 1.54) is 5.75 Å². The molecule has 1 atom stereocenters. The Balaban J connectivity index is 1.76. The number of carboxylic acids is 1. The molecular weight excluding hydrogens is 284 g/mol. The lowest BCUT2D eigenvalue weighted by atomic mass is 9.69. The lowest BCUT2D eigenvalue weighted by Gasteiger charge is -2.33. The van der Waals surface area contributed by atoms with Crippen molar-refractivity contribution >= 4 is 17.7 Å². The third-order valence-corrected chi connectivity index (χ3v) is 5.85. The van der Waals surface area contributed by atoms with Gasteiger partial charge in [0.15, 0.2) is 0 Å². The Morgan fingerprint density at radius 2 is 1.90 bits per heavy atom. The minimum Gasteiger partial charge on any atom is -0.490 e. The Morgan fingerprint density at radius 1 is 1.19 bits per heavy atom. The summed E-state index contributed by atoms with van der Waals surface area (Å²) in [5, 5.41) is 9.71. The van der Waals surface area contributed by atoms with Crippen LogP contribution in [0.1, 0.15) is 44.1 Å². The fourth-order valence-electron chi connectivity index (χ4n) is 3.43. The summed E-state index contributed by atoms with van der Waals surface area (Å²) >= 11 is 1.93. The molecule has 1 heterocycles. The van der Waals surface area contributed by atoms with Crippen molar-refractivity contribution in [3.63, 3.8) is 0 Å². The predicted octanol–water partition coefficient (Wildman–Crippen LogP) is 3.86. The minimum absolute atomic E-state index is 0.309. The summed E-state index contributed by atoms with van der Waals surface area (Å²) in [4.78, 5) is 11.8. The highest BCUT2D eigenvalue weighted by molar-refractivity contribution is 7.99. The van der Waals surface area contributed by atoms with Crippen molar-refractivity contribution in [2.24, 2.45) is 0 Å². The van der Waals surface area contributed by atoms with Gasteiger partial charge in [-0.25, -0.2) is 0 Å². The number of hydrogen-bond acceptors (Lipinski definition) is 3. The number of rotatable bonds is 4. The molecule has 3 rings (SSSR count). The van der Waals surface area contributed by atoms with Crippen molar-refractivity contribution in [1.29, 1.82) is 0 Å².